The molecule has 0 fully saturated rings. The number of aromatic nitrogens is 4. The molecule has 0 amide bonds. The summed E-state index contributed by atoms with van der Waals surface area (Å²) < 4.78 is 5.61. The molecule has 1 heterocycles. The summed E-state index contributed by atoms with van der Waals surface area (Å²) in [5, 5.41) is 11.6. The highest BCUT2D eigenvalue weighted by Crippen LogP contribution is 2.15. The maximum atomic E-state index is 5.77. The molecule has 1 unspecified atom stereocenters. The van der Waals surface area contributed by atoms with Crippen LogP contribution in [0.2, 0.25) is 0 Å². The Labute approximate surface area is 106 Å². The highest BCUT2D eigenvalue weighted by molar-refractivity contribution is 5.29. The van der Waals surface area contributed by atoms with Gasteiger partial charge >= 0.3 is 0 Å². The maximum Gasteiger partial charge on any atom is 0.212 e. The summed E-state index contributed by atoms with van der Waals surface area (Å²) in [6, 6.07) is 8.02. The quantitative estimate of drug-likeness (QED) is 0.840. The van der Waals surface area contributed by atoms with Crippen molar-refractivity contribution in [2.24, 2.45) is 12.8 Å². The Morgan fingerprint density at radius 1 is 1.44 bits per heavy atom. The van der Waals surface area contributed by atoms with Crippen LogP contribution >= 0.6 is 0 Å². The van der Waals surface area contributed by atoms with Crippen molar-refractivity contribution in [3.8, 4) is 5.75 Å². The Balaban J connectivity index is 1.96. The van der Waals surface area contributed by atoms with Crippen LogP contribution in [-0.4, -0.2) is 26.2 Å². The lowest BCUT2D eigenvalue weighted by Gasteiger charge is -2.08. The van der Waals surface area contributed by atoms with E-state index in [9.17, 15) is 0 Å². The van der Waals surface area contributed by atoms with E-state index < -0.39 is 0 Å². The third-order valence-electron chi connectivity index (χ3n) is 2.37. The first-order valence-corrected chi connectivity index (χ1v) is 5.83. The standard InChI is InChI=1S/C12H17N5O/c1-9(13)6-10-4-3-5-11(7-10)18-8-12-14-16-17(2)15-12/h3-5,7,9H,6,8,13H2,1-2H3. The van der Waals surface area contributed by atoms with Gasteiger partial charge in [-0.05, 0) is 36.3 Å². The van der Waals surface area contributed by atoms with E-state index in [4.69, 9.17) is 10.5 Å². The van der Waals surface area contributed by atoms with Crippen LogP contribution in [0.15, 0.2) is 24.3 Å². The minimum Gasteiger partial charge on any atom is -0.485 e. The van der Waals surface area contributed by atoms with E-state index in [0.717, 1.165) is 17.7 Å². The second-order valence-electron chi connectivity index (χ2n) is 4.31. The second kappa shape index (κ2) is 5.59. The number of ether oxygens (including phenoxy) is 1. The van der Waals surface area contributed by atoms with Crippen LogP contribution in [0.3, 0.4) is 0 Å². The van der Waals surface area contributed by atoms with Gasteiger partial charge in [-0.3, -0.25) is 0 Å². The zero-order chi connectivity index (χ0) is 13.0. The Kier molecular flexibility index (Phi) is 3.88. The molecule has 2 rings (SSSR count). The van der Waals surface area contributed by atoms with Gasteiger partial charge in [0.2, 0.25) is 5.82 Å². The number of hydrogen-bond donors (Lipinski definition) is 1. The minimum atomic E-state index is 0.141. The van der Waals surface area contributed by atoms with Crippen molar-refractivity contribution in [3.05, 3.63) is 35.7 Å². The second-order valence-corrected chi connectivity index (χ2v) is 4.31. The highest BCUT2D eigenvalue weighted by atomic mass is 16.5. The first-order valence-electron chi connectivity index (χ1n) is 5.83. The molecule has 2 N–H and O–H groups in total. The van der Waals surface area contributed by atoms with E-state index in [2.05, 4.69) is 15.4 Å². The summed E-state index contributed by atoms with van der Waals surface area (Å²) in [4.78, 5) is 1.41. The smallest absolute Gasteiger partial charge is 0.212 e. The molecular weight excluding hydrogens is 230 g/mol. The third kappa shape index (κ3) is 3.53. The molecular formula is C12H17N5O. The van der Waals surface area contributed by atoms with Crippen LogP contribution < -0.4 is 10.5 Å². The topological polar surface area (TPSA) is 78.9 Å². The normalized spacial score (nSPS) is 12.4. The fourth-order valence-electron chi connectivity index (χ4n) is 1.66. The molecule has 2 aromatic rings. The van der Waals surface area contributed by atoms with E-state index in [1.54, 1.807) is 7.05 Å². The largest absolute Gasteiger partial charge is 0.485 e. The van der Waals surface area contributed by atoms with Crippen molar-refractivity contribution in [3.63, 3.8) is 0 Å². The molecule has 0 bridgehead atoms. The van der Waals surface area contributed by atoms with E-state index in [-0.39, 0.29) is 6.04 Å². The molecule has 0 aliphatic carbocycles. The molecule has 1 aromatic heterocycles. The lowest BCUT2D eigenvalue weighted by molar-refractivity contribution is 0.295. The molecule has 0 spiro atoms. The van der Waals surface area contributed by atoms with Crippen LogP contribution in [0.25, 0.3) is 0 Å². The van der Waals surface area contributed by atoms with Gasteiger partial charge in [0.15, 0.2) is 6.61 Å². The lowest BCUT2D eigenvalue weighted by Crippen LogP contribution is -2.17. The van der Waals surface area contributed by atoms with Gasteiger partial charge in [-0.1, -0.05) is 12.1 Å². The molecule has 1 aromatic carbocycles. The number of hydrogen-bond acceptors (Lipinski definition) is 5. The first-order chi connectivity index (χ1) is 8.63. The number of aryl methyl sites for hydroxylation is 1. The summed E-state index contributed by atoms with van der Waals surface area (Å²) in [6.07, 6.45) is 0.834. The van der Waals surface area contributed by atoms with Gasteiger partial charge in [0.25, 0.3) is 0 Å². The van der Waals surface area contributed by atoms with Crippen molar-refractivity contribution in [1.29, 1.82) is 0 Å². The fourth-order valence-corrected chi connectivity index (χ4v) is 1.66. The zero-order valence-electron chi connectivity index (χ0n) is 10.6. The number of tetrazole rings is 1. The van der Waals surface area contributed by atoms with Gasteiger partial charge in [-0.2, -0.15) is 4.80 Å². The summed E-state index contributed by atoms with van der Waals surface area (Å²) >= 11 is 0. The van der Waals surface area contributed by atoms with Crippen molar-refractivity contribution in [2.45, 2.75) is 26.0 Å². The van der Waals surface area contributed by atoms with Crippen LogP contribution in [0.5, 0.6) is 5.75 Å². The lowest BCUT2D eigenvalue weighted by atomic mass is 10.1. The third-order valence-corrected chi connectivity index (χ3v) is 2.37. The molecule has 0 aliphatic heterocycles. The first kappa shape index (κ1) is 12.5. The van der Waals surface area contributed by atoms with Gasteiger partial charge in [0.1, 0.15) is 5.75 Å². The minimum absolute atomic E-state index is 0.141. The molecule has 6 heteroatoms. The van der Waals surface area contributed by atoms with Gasteiger partial charge in [-0.25, -0.2) is 0 Å². The number of nitrogens with two attached hydrogens (primary N) is 1. The van der Waals surface area contributed by atoms with Crippen LogP contribution in [-0.2, 0) is 20.1 Å². The van der Waals surface area contributed by atoms with E-state index in [1.807, 2.05) is 31.2 Å². The Hall–Kier alpha value is -1.95. The van der Waals surface area contributed by atoms with Gasteiger partial charge in [-0.15, -0.1) is 10.2 Å². The van der Waals surface area contributed by atoms with Gasteiger partial charge < -0.3 is 10.5 Å². The SMILES string of the molecule is CC(N)Cc1cccc(OCc2nnn(C)n2)c1. The van der Waals surface area contributed by atoms with Crippen molar-refractivity contribution < 1.29 is 4.74 Å². The molecule has 18 heavy (non-hydrogen) atoms. The average Bonchev–Trinajstić information content (AvgIpc) is 2.72. The van der Waals surface area contributed by atoms with Crippen molar-refractivity contribution in [1.82, 2.24) is 20.2 Å². The highest BCUT2D eigenvalue weighted by Gasteiger charge is 2.03. The van der Waals surface area contributed by atoms with E-state index >= 15 is 0 Å². The monoisotopic (exact) mass is 247 g/mol. The van der Waals surface area contributed by atoms with Crippen molar-refractivity contribution >= 4 is 0 Å². The zero-order valence-corrected chi connectivity index (χ0v) is 10.6. The predicted octanol–water partition coefficient (Wildman–Crippen LogP) is 0.679. The summed E-state index contributed by atoms with van der Waals surface area (Å²) in [5.74, 6) is 1.36. The van der Waals surface area contributed by atoms with Gasteiger partial charge in [0, 0.05) is 6.04 Å². The molecule has 0 saturated heterocycles. The Morgan fingerprint density at radius 3 is 2.94 bits per heavy atom. The van der Waals surface area contributed by atoms with E-state index in [0.29, 0.717) is 12.4 Å². The van der Waals surface area contributed by atoms with Crippen LogP contribution in [0, 0.1) is 0 Å². The van der Waals surface area contributed by atoms with E-state index in [1.165, 1.54) is 4.80 Å². The molecule has 0 aliphatic rings. The summed E-state index contributed by atoms with van der Waals surface area (Å²) in [5.41, 5.74) is 6.93. The molecule has 0 saturated carbocycles. The summed E-state index contributed by atoms with van der Waals surface area (Å²) in [6.45, 7) is 2.30. The average molecular weight is 247 g/mol. The van der Waals surface area contributed by atoms with Gasteiger partial charge in [0.05, 0.1) is 7.05 Å². The van der Waals surface area contributed by atoms with Crippen LogP contribution in [0.4, 0.5) is 0 Å². The number of rotatable bonds is 5. The molecule has 0 radical (unpaired) electrons. The maximum absolute atomic E-state index is 5.77. The summed E-state index contributed by atoms with van der Waals surface area (Å²) in [7, 11) is 1.72. The Morgan fingerprint density at radius 2 is 2.28 bits per heavy atom. The number of nitrogens with zero attached hydrogens (tertiary/aromatic N) is 4. The molecule has 1 atom stereocenters. The molecule has 96 valence electrons. The molecule has 6 nitrogen and oxygen atoms in total. The predicted molar refractivity (Wildman–Crippen MR) is 66.9 cm³/mol. The Bertz CT molecular complexity index is 509. The fraction of sp³-hybridized carbons (Fsp3) is 0.417. The number of benzene rings is 1. The van der Waals surface area contributed by atoms with Crippen molar-refractivity contribution in [2.75, 3.05) is 0 Å². The van der Waals surface area contributed by atoms with Crippen LogP contribution in [0.1, 0.15) is 18.3 Å².